The Morgan fingerprint density at radius 2 is 0.520 bits per heavy atom. The van der Waals surface area contributed by atoms with E-state index >= 15 is 0 Å². The number of hydrogen-bond donors (Lipinski definition) is 0. The molecule has 0 saturated carbocycles. The second-order valence-corrected chi connectivity index (χ2v) is 22.3. The molecule has 25 heavy (non-hydrogen) atoms. The predicted octanol–water partition coefficient (Wildman–Crippen LogP) is 9.18. The molecule has 0 bridgehead atoms. The van der Waals surface area contributed by atoms with Crippen molar-refractivity contribution >= 4 is 18.4 Å². The summed E-state index contributed by atoms with van der Waals surface area (Å²) >= 11 is -2.14. The standard InChI is InChI=1S/4C6H13.Sn/c4*1-4-6(3)5-2;/h4*6H,3-5H2,1-2H3;. The van der Waals surface area contributed by atoms with Gasteiger partial charge in [0.1, 0.15) is 0 Å². The molecule has 0 fully saturated rings. The first-order valence-electron chi connectivity index (χ1n) is 12.0. The van der Waals surface area contributed by atoms with Crippen molar-refractivity contribution in [2.75, 3.05) is 0 Å². The fourth-order valence-electron chi connectivity index (χ4n) is 5.26. The van der Waals surface area contributed by atoms with Gasteiger partial charge in [-0.15, -0.1) is 0 Å². The van der Waals surface area contributed by atoms with Crippen LogP contribution in [0, 0.1) is 23.7 Å². The summed E-state index contributed by atoms with van der Waals surface area (Å²) in [6.45, 7) is 19.6. The van der Waals surface area contributed by atoms with E-state index in [1.807, 2.05) is 0 Å². The summed E-state index contributed by atoms with van der Waals surface area (Å²) in [4.78, 5) is 0. The molecule has 152 valence electrons. The van der Waals surface area contributed by atoms with Gasteiger partial charge in [-0.3, -0.25) is 0 Å². The summed E-state index contributed by atoms with van der Waals surface area (Å²) in [7, 11) is 0. The van der Waals surface area contributed by atoms with Crippen LogP contribution in [0.4, 0.5) is 0 Å². The topological polar surface area (TPSA) is 0 Å². The van der Waals surface area contributed by atoms with Crippen LogP contribution in [0.25, 0.3) is 0 Å². The fraction of sp³-hybridized carbons (Fsp3) is 1.00. The maximum atomic E-state index is 2.45. The molecule has 0 aromatic carbocycles. The Morgan fingerprint density at radius 1 is 0.360 bits per heavy atom. The molecule has 0 aromatic heterocycles. The maximum absolute atomic E-state index is 2.45. The van der Waals surface area contributed by atoms with Crippen molar-refractivity contribution in [3.63, 3.8) is 0 Å². The zero-order valence-electron chi connectivity index (χ0n) is 19.3. The van der Waals surface area contributed by atoms with Gasteiger partial charge in [-0.2, -0.15) is 0 Å². The first-order chi connectivity index (χ1) is 12.0. The van der Waals surface area contributed by atoms with Gasteiger partial charge in [0.25, 0.3) is 0 Å². The van der Waals surface area contributed by atoms with E-state index in [2.05, 4.69) is 55.4 Å². The Bertz CT molecular complexity index is 221. The molecule has 0 nitrogen and oxygen atoms in total. The third-order valence-corrected chi connectivity index (χ3v) is 24.0. The zero-order chi connectivity index (χ0) is 19.3. The SMILES string of the molecule is CCC(CC)[CH2][Sn]([CH2]C(CC)CC)([CH2]C(CC)CC)[CH2]C(CC)CC. The molecule has 0 aliphatic carbocycles. The summed E-state index contributed by atoms with van der Waals surface area (Å²) in [5.41, 5.74) is 0. The van der Waals surface area contributed by atoms with Gasteiger partial charge in [0.2, 0.25) is 0 Å². The van der Waals surface area contributed by atoms with E-state index in [9.17, 15) is 0 Å². The molecule has 0 rings (SSSR count). The van der Waals surface area contributed by atoms with Crippen LogP contribution in [-0.2, 0) is 0 Å². The monoisotopic (exact) mass is 460 g/mol. The molecule has 0 spiro atoms. The summed E-state index contributed by atoms with van der Waals surface area (Å²) < 4.78 is 6.80. The molecular weight excluding hydrogens is 407 g/mol. The van der Waals surface area contributed by atoms with Crippen LogP contribution in [0.1, 0.15) is 107 Å². The molecule has 0 aliphatic rings. The molecule has 0 amide bonds. The molecule has 0 N–H and O–H groups in total. The van der Waals surface area contributed by atoms with E-state index in [1.54, 1.807) is 17.7 Å². The normalized spacial score (nSPS) is 13.0. The first-order valence-corrected chi connectivity index (χ1v) is 20.0. The Morgan fingerprint density at radius 3 is 0.640 bits per heavy atom. The van der Waals surface area contributed by atoms with Crippen LogP contribution in [0.2, 0.25) is 17.7 Å². The molecule has 0 atom stereocenters. The van der Waals surface area contributed by atoms with Gasteiger partial charge in [0.05, 0.1) is 0 Å². The number of rotatable bonds is 16. The summed E-state index contributed by atoms with van der Waals surface area (Å²) in [6, 6.07) is 0. The fourth-order valence-corrected chi connectivity index (χ4v) is 28.7. The van der Waals surface area contributed by atoms with Gasteiger partial charge in [-0.05, 0) is 0 Å². The van der Waals surface area contributed by atoms with E-state index in [-0.39, 0.29) is 0 Å². The minimum absolute atomic E-state index is 1.02. The molecule has 0 heterocycles. The van der Waals surface area contributed by atoms with Crippen molar-refractivity contribution in [1.82, 2.24) is 0 Å². The van der Waals surface area contributed by atoms with Crippen molar-refractivity contribution < 1.29 is 0 Å². The average molecular weight is 459 g/mol. The van der Waals surface area contributed by atoms with Crippen LogP contribution in [-0.4, -0.2) is 18.4 Å². The summed E-state index contributed by atoms with van der Waals surface area (Å²) in [6.07, 6.45) is 11.4. The molecule has 1 heteroatoms. The van der Waals surface area contributed by atoms with Crippen molar-refractivity contribution in [1.29, 1.82) is 0 Å². The Balaban J connectivity index is 5.69. The summed E-state index contributed by atoms with van der Waals surface area (Å²) in [5, 5.41) is 0. The van der Waals surface area contributed by atoms with Gasteiger partial charge in [0.15, 0.2) is 0 Å². The van der Waals surface area contributed by atoms with Crippen LogP contribution in [0.3, 0.4) is 0 Å². The van der Waals surface area contributed by atoms with Gasteiger partial charge < -0.3 is 0 Å². The van der Waals surface area contributed by atoms with Gasteiger partial charge in [-0.25, -0.2) is 0 Å². The van der Waals surface area contributed by atoms with Crippen molar-refractivity contribution in [2.45, 2.75) is 125 Å². The van der Waals surface area contributed by atoms with Crippen molar-refractivity contribution in [3.05, 3.63) is 0 Å². The quantitative estimate of drug-likeness (QED) is 0.202. The third kappa shape index (κ3) is 9.52. The molecule has 0 unspecified atom stereocenters. The molecule has 0 aromatic rings. The Hall–Kier alpha value is 0.799. The second-order valence-electron chi connectivity index (χ2n) is 9.05. The van der Waals surface area contributed by atoms with E-state index in [0.717, 1.165) is 23.7 Å². The van der Waals surface area contributed by atoms with Crippen molar-refractivity contribution in [2.24, 2.45) is 23.7 Å². The number of hydrogen-bond acceptors (Lipinski definition) is 0. The van der Waals surface area contributed by atoms with E-state index in [4.69, 9.17) is 0 Å². The van der Waals surface area contributed by atoms with E-state index in [0.29, 0.717) is 0 Å². The average Bonchev–Trinajstić information content (AvgIpc) is 2.66. The minimum atomic E-state index is -2.14. The van der Waals surface area contributed by atoms with Crippen LogP contribution >= 0.6 is 0 Å². The van der Waals surface area contributed by atoms with E-state index in [1.165, 1.54) is 51.4 Å². The predicted molar refractivity (Wildman–Crippen MR) is 121 cm³/mol. The Labute approximate surface area is 166 Å². The Kier molecular flexibility index (Phi) is 15.3. The van der Waals surface area contributed by atoms with E-state index < -0.39 is 18.4 Å². The summed E-state index contributed by atoms with van der Waals surface area (Å²) in [5.74, 6) is 4.09. The third-order valence-electron chi connectivity index (χ3n) is 7.51. The first kappa shape index (κ1) is 25.8. The molecular formula is C24H52Sn. The van der Waals surface area contributed by atoms with Crippen LogP contribution in [0.15, 0.2) is 0 Å². The molecule has 0 aliphatic heterocycles. The van der Waals surface area contributed by atoms with Crippen LogP contribution < -0.4 is 0 Å². The molecule has 0 saturated heterocycles. The second kappa shape index (κ2) is 14.8. The molecule has 0 radical (unpaired) electrons. The zero-order valence-corrected chi connectivity index (χ0v) is 22.1. The van der Waals surface area contributed by atoms with Gasteiger partial charge in [0, 0.05) is 0 Å². The van der Waals surface area contributed by atoms with Crippen LogP contribution in [0.5, 0.6) is 0 Å². The van der Waals surface area contributed by atoms with Crippen molar-refractivity contribution in [3.8, 4) is 0 Å². The van der Waals surface area contributed by atoms with Gasteiger partial charge >= 0.3 is 167 Å². The van der Waals surface area contributed by atoms with Gasteiger partial charge in [-0.1, -0.05) is 0 Å².